The molecular formula is C18H16N8O4. The third kappa shape index (κ3) is 3.57. The number of aromatic hydroxyl groups is 1. The molecule has 30 heavy (non-hydrogen) atoms. The highest BCUT2D eigenvalue weighted by atomic mass is 16.5. The summed E-state index contributed by atoms with van der Waals surface area (Å²) in [7, 11) is 0. The fourth-order valence-electron chi connectivity index (χ4n) is 2.87. The highest BCUT2D eigenvalue weighted by molar-refractivity contribution is 6.14. The number of fused-ring (bicyclic) bond motifs is 1. The third-order valence-corrected chi connectivity index (χ3v) is 4.45. The molecule has 1 aliphatic heterocycles. The Kier molecular flexibility index (Phi) is 4.16. The van der Waals surface area contributed by atoms with Crippen molar-refractivity contribution in [3.8, 4) is 11.9 Å². The molecule has 1 saturated heterocycles. The normalized spacial score (nSPS) is 17.3. The summed E-state index contributed by atoms with van der Waals surface area (Å²) in [6.45, 7) is 0.0520. The Labute approximate surface area is 169 Å². The molecule has 1 aliphatic carbocycles. The van der Waals surface area contributed by atoms with E-state index in [1.807, 2.05) is 0 Å². The van der Waals surface area contributed by atoms with Crippen LogP contribution >= 0.6 is 0 Å². The molecule has 0 atom stereocenters. The van der Waals surface area contributed by atoms with Crippen molar-refractivity contribution in [2.45, 2.75) is 25.5 Å². The molecule has 12 heteroatoms. The van der Waals surface area contributed by atoms with Crippen molar-refractivity contribution in [2.75, 3.05) is 5.32 Å². The highest BCUT2D eigenvalue weighted by Crippen LogP contribution is 2.26. The van der Waals surface area contributed by atoms with Gasteiger partial charge in [0.2, 0.25) is 11.8 Å². The van der Waals surface area contributed by atoms with Crippen molar-refractivity contribution in [2.24, 2.45) is 0 Å². The SMILES string of the molecule is O=C1NC(=O)/C(=C/c2cnn3c(NC4CC4)nc(OCc4cccc(O)n4)nc23)N1. The smallest absolute Gasteiger partial charge is 0.326 e. The summed E-state index contributed by atoms with van der Waals surface area (Å²) in [6, 6.07) is 4.63. The quantitative estimate of drug-likeness (QED) is 0.338. The van der Waals surface area contributed by atoms with Crippen LogP contribution < -0.4 is 20.7 Å². The summed E-state index contributed by atoms with van der Waals surface area (Å²) < 4.78 is 7.20. The zero-order valence-corrected chi connectivity index (χ0v) is 15.5. The minimum atomic E-state index is -0.587. The first-order valence-electron chi connectivity index (χ1n) is 9.19. The number of anilines is 1. The predicted molar refractivity (Wildman–Crippen MR) is 102 cm³/mol. The number of hydrogen-bond acceptors (Lipinski definition) is 9. The van der Waals surface area contributed by atoms with Crippen LogP contribution in [0.4, 0.5) is 10.7 Å². The van der Waals surface area contributed by atoms with E-state index in [2.05, 4.69) is 36.0 Å². The lowest BCUT2D eigenvalue weighted by molar-refractivity contribution is -0.115. The number of pyridine rings is 1. The van der Waals surface area contributed by atoms with Gasteiger partial charge in [-0.3, -0.25) is 10.1 Å². The van der Waals surface area contributed by atoms with Gasteiger partial charge >= 0.3 is 12.0 Å². The molecule has 2 aliphatic rings. The van der Waals surface area contributed by atoms with Crippen molar-refractivity contribution in [3.63, 3.8) is 0 Å². The molecule has 3 aromatic heterocycles. The minimum Gasteiger partial charge on any atom is -0.493 e. The second kappa shape index (κ2) is 6.99. The second-order valence-electron chi connectivity index (χ2n) is 6.83. The van der Waals surface area contributed by atoms with Gasteiger partial charge in [-0.05, 0) is 25.0 Å². The molecule has 0 unspecified atom stereocenters. The Morgan fingerprint density at radius 1 is 1.23 bits per heavy atom. The fourth-order valence-corrected chi connectivity index (χ4v) is 2.87. The number of urea groups is 1. The first-order chi connectivity index (χ1) is 14.5. The standard InChI is InChI=1S/C18H16N8O4/c27-13-3-1-2-11(20-13)8-30-18-23-14-9(6-12-15(28)24-17(29)22-12)7-19-26(14)16(25-18)21-10-4-5-10/h1-3,6-7,10H,4-5,8H2,(H,20,27)(H,21,23,25)(H2,22,24,28,29)/b12-6-. The molecule has 0 aromatic carbocycles. The van der Waals surface area contributed by atoms with Crippen molar-refractivity contribution in [1.82, 2.24) is 35.2 Å². The predicted octanol–water partition coefficient (Wildman–Crippen LogP) is 0.558. The number of aromatic nitrogens is 5. The van der Waals surface area contributed by atoms with E-state index in [1.165, 1.54) is 22.9 Å². The first kappa shape index (κ1) is 17.8. The number of amides is 3. The Morgan fingerprint density at radius 3 is 2.83 bits per heavy atom. The first-order valence-corrected chi connectivity index (χ1v) is 9.19. The maximum absolute atomic E-state index is 11.8. The third-order valence-electron chi connectivity index (χ3n) is 4.45. The van der Waals surface area contributed by atoms with Crippen LogP contribution in [0.25, 0.3) is 11.7 Å². The van der Waals surface area contributed by atoms with Gasteiger partial charge in [0.1, 0.15) is 12.3 Å². The molecule has 2 fully saturated rings. The average molecular weight is 408 g/mol. The molecule has 152 valence electrons. The number of carbonyl (C=O) groups excluding carboxylic acids is 2. The fraction of sp³-hybridized carbons (Fsp3) is 0.222. The number of nitrogens with one attached hydrogen (secondary N) is 3. The van der Waals surface area contributed by atoms with E-state index < -0.39 is 11.9 Å². The number of imide groups is 1. The number of nitrogens with zero attached hydrogens (tertiary/aromatic N) is 5. The second-order valence-corrected chi connectivity index (χ2v) is 6.83. The summed E-state index contributed by atoms with van der Waals surface area (Å²) in [4.78, 5) is 35.9. The van der Waals surface area contributed by atoms with Gasteiger partial charge in [-0.25, -0.2) is 9.78 Å². The van der Waals surface area contributed by atoms with E-state index in [1.54, 1.807) is 12.1 Å². The minimum absolute atomic E-state index is 0.0520. The summed E-state index contributed by atoms with van der Waals surface area (Å²) in [5.41, 5.74) is 1.51. The van der Waals surface area contributed by atoms with Gasteiger partial charge < -0.3 is 20.5 Å². The summed E-state index contributed by atoms with van der Waals surface area (Å²) in [5.74, 6) is -0.188. The molecule has 3 aromatic rings. The van der Waals surface area contributed by atoms with Crippen LogP contribution in [-0.2, 0) is 11.4 Å². The van der Waals surface area contributed by atoms with Gasteiger partial charge in [0, 0.05) is 17.7 Å². The molecular weight excluding hydrogens is 392 g/mol. The van der Waals surface area contributed by atoms with Crippen LogP contribution in [0.3, 0.4) is 0 Å². The van der Waals surface area contributed by atoms with Crippen LogP contribution in [0.1, 0.15) is 24.1 Å². The molecule has 5 rings (SSSR count). The molecule has 4 N–H and O–H groups in total. The van der Waals surface area contributed by atoms with Crippen molar-refractivity contribution in [3.05, 3.63) is 41.4 Å². The maximum Gasteiger partial charge on any atom is 0.326 e. The van der Waals surface area contributed by atoms with Gasteiger partial charge in [0.25, 0.3) is 5.91 Å². The van der Waals surface area contributed by atoms with Gasteiger partial charge in [-0.15, -0.1) is 0 Å². The van der Waals surface area contributed by atoms with Gasteiger partial charge in [-0.1, -0.05) is 6.07 Å². The van der Waals surface area contributed by atoms with Gasteiger partial charge in [0.05, 0.1) is 11.9 Å². The van der Waals surface area contributed by atoms with Crippen LogP contribution in [-0.4, -0.2) is 47.7 Å². The van der Waals surface area contributed by atoms with Crippen molar-refractivity contribution >= 4 is 29.6 Å². The topological polar surface area (TPSA) is 156 Å². The summed E-state index contributed by atoms with van der Waals surface area (Å²) in [5, 5.41) is 21.6. The lowest BCUT2D eigenvalue weighted by Crippen LogP contribution is -2.22. The lowest BCUT2D eigenvalue weighted by Gasteiger charge is -2.09. The molecule has 0 spiro atoms. The number of rotatable bonds is 6. The lowest BCUT2D eigenvalue weighted by atomic mass is 10.2. The molecule has 4 heterocycles. The van der Waals surface area contributed by atoms with E-state index in [4.69, 9.17) is 4.74 Å². The Morgan fingerprint density at radius 2 is 2.10 bits per heavy atom. The van der Waals surface area contributed by atoms with Crippen LogP contribution in [0.5, 0.6) is 11.9 Å². The van der Waals surface area contributed by atoms with Crippen molar-refractivity contribution < 1.29 is 19.4 Å². The summed E-state index contributed by atoms with van der Waals surface area (Å²) >= 11 is 0. The number of ether oxygens (including phenoxy) is 1. The zero-order valence-electron chi connectivity index (χ0n) is 15.5. The van der Waals surface area contributed by atoms with E-state index >= 15 is 0 Å². The van der Waals surface area contributed by atoms with Crippen LogP contribution in [0, 0.1) is 0 Å². The van der Waals surface area contributed by atoms with Crippen LogP contribution in [0.15, 0.2) is 30.1 Å². The van der Waals surface area contributed by atoms with Crippen LogP contribution in [0.2, 0.25) is 0 Å². The van der Waals surface area contributed by atoms with E-state index in [-0.39, 0.29) is 24.2 Å². The molecule has 3 amide bonds. The van der Waals surface area contributed by atoms with E-state index in [9.17, 15) is 14.7 Å². The molecule has 0 bridgehead atoms. The van der Waals surface area contributed by atoms with E-state index in [0.29, 0.717) is 28.9 Å². The largest absolute Gasteiger partial charge is 0.493 e. The molecule has 12 nitrogen and oxygen atoms in total. The molecule has 0 radical (unpaired) electrons. The molecule has 1 saturated carbocycles. The van der Waals surface area contributed by atoms with Crippen molar-refractivity contribution in [1.29, 1.82) is 0 Å². The highest BCUT2D eigenvalue weighted by Gasteiger charge is 2.26. The van der Waals surface area contributed by atoms with Gasteiger partial charge in [-0.2, -0.15) is 19.6 Å². The zero-order chi connectivity index (χ0) is 20.7. The number of carbonyl (C=O) groups is 2. The monoisotopic (exact) mass is 408 g/mol. The Balaban J connectivity index is 1.50. The Hall–Kier alpha value is -4.22. The Bertz CT molecular complexity index is 1200. The summed E-state index contributed by atoms with van der Waals surface area (Å²) in [6.07, 6.45) is 5.06. The number of hydrogen-bond donors (Lipinski definition) is 4. The van der Waals surface area contributed by atoms with E-state index in [0.717, 1.165) is 12.8 Å². The average Bonchev–Trinajstić information content (AvgIpc) is 3.35. The maximum atomic E-state index is 11.8. The van der Waals surface area contributed by atoms with Gasteiger partial charge in [0.15, 0.2) is 5.65 Å².